The van der Waals surface area contributed by atoms with Gasteiger partial charge in [0, 0.05) is 0 Å². The molecule has 0 N–H and O–H groups in total. The molecule has 0 amide bonds. The Kier molecular flexibility index (Phi) is 5.53. The van der Waals surface area contributed by atoms with Gasteiger partial charge in [-0.15, -0.1) is 0 Å². The van der Waals surface area contributed by atoms with Crippen LogP contribution in [0.5, 0.6) is 0 Å². The fourth-order valence-electron chi connectivity index (χ4n) is 0.965. The van der Waals surface area contributed by atoms with Crippen LogP contribution >= 0.6 is 32.0 Å². The van der Waals surface area contributed by atoms with Gasteiger partial charge in [-0.3, -0.25) is 0 Å². The molecule has 0 fully saturated rings. The Bertz CT molecular complexity index is 335. The summed E-state index contributed by atoms with van der Waals surface area (Å²) in [4.78, 5) is 0. The topological polar surface area (TPSA) is 0 Å². The van der Waals surface area contributed by atoms with Crippen molar-refractivity contribution in [3.05, 3.63) is 43.3 Å². The average molecular weight is 345 g/mol. The van der Waals surface area contributed by atoms with E-state index in [2.05, 4.69) is 0 Å². The number of halogens is 4. The molecule has 0 saturated heterocycles. The fourth-order valence-corrected chi connectivity index (χ4v) is 3.46. The van der Waals surface area contributed by atoms with Crippen molar-refractivity contribution in [1.29, 1.82) is 0 Å². The molecule has 0 saturated carbocycles. The number of allylic oxidation sites excluding steroid dienone is 1. The van der Waals surface area contributed by atoms with Crippen molar-refractivity contribution < 1.29 is 7.25 Å². The number of hydrogen-bond donors (Lipinski definition) is 0. The van der Waals surface area contributed by atoms with E-state index in [4.69, 9.17) is 11.6 Å². The molecule has 0 bridgehead atoms. The van der Waals surface area contributed by atoms with E-state index in [9.17, 15) is 7.25 Å². The van der Waals surface area contributed by atoms with Crippen LogP contribution in [0.25, 0.3) is 0 Å². The maximum absolute atomic E-state index is 13.6. The summed E-state index contributed by atoms with van der Waals surface area (Å²) >= 11 is 2.42. The molecule has 1 aromatic rings. The zero-order valence-electron chi connectivity index (χ0n) is 8.31. The predicted molar refractivity (Wildman–Crippen MR) is 69.5 cm³/mol. The van der Waals surface area contributed by atoms with E-state index >= 15 is 0 Å². The fraction of sp³-hybridized carbons (Fsp3) is 0.273. The zero-order valence-corrected chi connectivity index (χ0v) is 11.2. The first kappa shape index (κ1) is 12.9. The van der Waals surface area contributed by atoms with Crippen LogP contribution in [0.1, 0.15) is 12.0 Å². The van der Waals surface area contributed by atoms with E-state index < -0.39 is 26.2 Å². The van der Waals surface area contributed by atoms with Gasteiger partial charge >= 0.3 is 102 Å². The van der Waals surface area contributed by atoms with Gasteiger partial charge in [0.05, 0.1) is 0 Å². The van der Waals surface area contributed by atoms with Crippen molar-refractivity contribution in [2.75, 3.05) is 5.88 Å². The normalized spacial score (nSPS) is 12.8. The molecular weight excluding hydrogens is 332 g/mol. The molecule has 4 heteroatoms. The average Bonchev–Trinajstić information content (AvgIpc) is 2.18. The first-order valence-electron chi connectivity index (χ1n) is 4.47. The summed E-state index contributed by atoms with van der Waals surface area (Å²) in [6.45, 7) is 1.94. The van der Waals surface area contributed by atoms with E-state index in [1.54, 1.807) is 12.1 Å². The Balaban J connectivity index is 2.72. The van der Waals surface area contributed by atoms with Gasteiger partial charge < -0.3 is 0 Å². The summed E-state index contributed by atoms with van der Waals surface area (Å²) in [5.74, 6) is -0.237. The standard InChI is InChI=1S/C11H12ClF2I/c1-9-2-4-11(5-3-9)15(14)8-10(13)6-7-12/h2-5,8H,6-7H2,1H3/b10-8+. The Morgan fingerprint density at radius 3 is 2.53 bits per heavy atom. The van der Waals surface area contributed by atoms with Gasteiger partial charge in [0.2, 0.25) is 0 Å². The summed E-state index contributed by atoms with van der Waals surface area (Å²) < 4.78 is 28.4. The van der Waals surface area contributed by atoms with Crippen LogP contribution in [-0.4, -0.2) is 5.88 Å². The monoisotopic (exact) mass is 344 g/mol. The second kappa shape index (κ2) is 6.43. The number of aryl methyl sites for hydroxylation is 1. The maximum atomic E-state index is 13.6. The summed E-state index contributed by atoms with van der Waals surface area (Å²) in [5, 5.41) is 0. The third-order valence-electron chi connectivity index (χ3n) is 1.77. The van der Waals surface area contributed by atoms with E-state index in [-0.39, 0.29) is 12.3 Å². The van der Waals surface area contributed by atoms with Gasteiger partial charge in [-0.25, -0.2) is 0 Å². The first-order chi connectivity index (χ1) is 7.13. The number of rotatable bonds is 4. The molecule has 0 heterocycles. The summed E-state index contributed by atoms with van der Waals surface area (Å²) in [7, 11) is 0. The third kappa shape index (κ3) is 4.47. The minimum absolute atomic E-state index is 0.116. The molecule has 0 aliphatic heterocycles. The number of benzene rings is 1. The van der Waals surface area contributed by atoms with Crippen molar-refractivity contribution in [3.8, 4) is 0 Å². The third-order valence-corrected chi connectivity index (χ3v) is 5.09. The molecule has 0 nitrogen and oxygen atoms in total. The van der Waals surface area contributed by atoms with Gasteiger partial charge in [0.1, 0.15) is 0 Å². The van der Waals surface area contributed by atoms with E-state index in [0.717, 1.165) is 9.65 Å². The molecule has 84 valence electrons. The van der Waals surface area contributed by atoms with Crippen LogP contribution in [0.4, 0.5) is 7.25 Å². The van der Waals surface area contributed by atoms with Gasteiger partial charge in [-0.2, -0.15) is 0 Å². The Morgan fingerprint density at radius 1 is 1.40 bits per heavy atom. The van der Waals surface area contributed by atoms with E-state index in [0.29, 0.717) is 3.57 Å². The van der Waals surface area contributed by atoms with Crippen molar-refractivity contribution in [2.45, 2.75) is 13.3 Å². The van der Waals surface area contributed by atoms with E-state index in [1.807, 2.05) is 19.1 Å². The van der Waals surface area contributed by atoms with Gasteiger partial charge in [0.25, 0.3) is 0 Å². The molecule has 1 rings (SSSR count). The van der Waals surface area contributed by atoms with E-state index in [1.165, 1.54) is 0 Å². The minimum atomic E-state index is -2.94. The molecule has 0 atom stereocenters. The second-order valence-corrected chi connectivity index (χ2v) is 6.80. The predicted octanol–water partition coefficient (Wildman–Crippen LogP) is 5.00. The molecule has 0 spiro atoms. The van der Waals surface area contributed by atoms with Crippen LogP contribution in [-0.2, 0) is 0 Å². The SMILES string of the molecule is Cc1ccc(I(F)/C=C(/F)CCCl)cc1. The zero-order chi connectivity index (χ0) is 11.3. The molecule has 0 radical (unpaired) electrons. The number of alkyl halides is 1. The van der Waals surface area contributed by atoms with Crippen LogP contribution < -0.4 is 0 Å². The van der Waals surface area contributed by atoms with Crippen molar-refractivity contribution in [3.63, 3.8) is 0 Å². The quantitative estimate of drug-likeness (QED) is 0.533. The summed E-state index contributed by atoms with van der Waals surface area (Å²) in [6.07, 6.45) is 0.116. The molecule has 0 aromatic heterocycles. The number of hydrogen-bond acceptors (Lipinski definition) is 0. The Labute approximate surface area is 101 Å². The molecule has 0 aliphatic rings. The second-order valence-electron chi connectivity index (χ2n) is 3.05. The summed E-state index contributed by atoms with van der Waals surface area (Å²) in [5.41, 5.74) is 1.08. The molecular formula is C11H12ClF2I. The van der Waals surface area contributed by atoms with Crippen LogP contribution in [0.15, 0.2) is 34.2 Å². The Hall–Kier alpha value is -0.160. The van der Waals surface area contributed by atoms with Crippen molar-refractivity contribution in [2.24, 2.45) is 0 Å². The van der Waals surface area contributed by atoms with Gasteiger partial charge in [-0.05, 0) is 0 Å². The van der Waals surface area contributed by atoms with Crippen molar-refractivity contribution >= 4 is 32.0 Å². The van der Waals surface area contributed by atoms with Crippen LogP contribution in [0.2, 0.25) is 0 Å². The van der Waals surface area contributed by atoms with Crippen LogP contribution in [0.3, 0.4) is 0 Å². The van der Waals surface area contributed by atoms with Gasteiger partial charge in [0.15, 0.2) is 0 Å². The molecule has 0 unspecified atom stereocenters. The van der Waals surface area contributed by atoms with Crippen molar-refractivity contribution in [1.82, 2.24) is 0 Å². The molecule has 15 heavy (non-hydrogen) atoms. The van der Waals surface area contributed by atoms with Crippen LogP contribution in [0, 0.1) is 10.5 Å². The molecule has 0 aliphatic carbocycles. The summed E-state index contributed by atoms with van der Waals surface area (Å²) in [6, 6.07) is 7.13. The Morgan fingerprint density at radius 2 is 2.00 bits per heavy atom. The van der Waals surface area contributed by atoms with Gasteiger partial charge in [-0.1, -0.05) is 0 Å². The molecule has 1 aromatic carbocycles. The first-order valence-corrected chi connectivity index (χ1v) is 8.14.